The van der Waals surface area contributed by atoms with Crippen LogP contribution in [-0.2, 0) is 4.79 Å². The summed E-state index contributed by atoms with van der Waals surface area (Å²) in [5, 5.41) is 6.30. The van der Waals surface area contributed by atoms with E-state index in [2.05, 4.69) is 27.7 Å². The number of nitrogens with zero attached hydrogens (tertiary/aromatic N) is 1. The minimum absolute atomic E-state index is 0.134. The average molecular weight is 261 g/mol. The molecule has 1 saturated carbocycles. The highest BCUT2D eigenvalue weighted by molar-refractivity contribution is 5.76. The summed E-state index contributed by atoms with van der Waals surface area (Å²) in [7, 11) is 2.04. The Hall–Kier alpha value is -1.55. The Morgan fingerprint density at radius 2 is 2.00 bits per heavy atom. The second-order valence-corrected chi connectivity index (χ2v) is 5.09. The van der Waals surface area contributed by atoms with Crippen LogP contribution in [0.15, 0.2) is 30.3 Å². The maximum Gasteiger partial charge on any atom is 0.221 e. The van der Waals surface area contributed by atoms with E-state index in [0.29, 0.717) is 19.0 Å². The monoisotopic (exact) mass is 261 g/mol. The first-order valence-electron chi connectivity index (χ1n) is 7.02. The number of hydrogen-bond donors (Lipinski definition) is 2. The number of rotatable bonds is 8. The summed E-state index contributed by atoms with van der Waals surface area (Å²) >= 11 is 0. The van der Waals surface area contributed by atoms with Gasteiger partial charge in [-0.15, -0.1) is 0 Å². The molecule has 1 fully saturated rings. The average Bonchev–Trinajstić information content (AvgIpc) is 3.24. The summed E-state index contributed by atoms with van der Waals surface area (Å²) < 4.78 is 0. The second kappa shape index (κ2) is 7.14. The van der Waals surface area contributed by atoms with Crippen LogP contribution in [0.2, 0.25) is 0 Å². The molecule has 0 unspecified atom stereocenters. The molecule has 1 aliphatic rings. The first kappa shape index (κ1) is 13.9. The van der Waals surface area contributed by atoms with Gasteiger partial charge in [-0.2, -0.15) is 0 Å². The van der Waals surface area contributed by atoms with Crippen molar-refractivity contribution in [3.63, 3.8) is 0 Å². The zero-order valence-electron chi connectivity index (χ0n) is 11.6. The summed E-state index contributed by atoms with van der Waals surface area (Å²) in [6.07, 6.45) is 3.11. The van der Waals surface area contributed by atoms with E-state index in [9.17, 15) is 4.79 Å². The van der Waals surface area contributed by atoms with Gasteiger partial charge in [-0.25, -0.2) is 0 Å². The number of hydrogen-bond acceptors (Lipinski definition) is 3. The Morgan fingerprint density at radius 3 is 2.68 bits per heavy atom. The molecule has 19 heavy (non-hydrogen) atoms. The highest BCUT2D eigenvalue weighted by Crippen LogP contribution is 2.18. The number of amides is 1. The van der Waals surface area contributed by atoms with Crippen molar-refractivity contribution in [2.24, 2.45) is 0 Å². The molecule has 2 N–H and O–H groups in total. The van der Waals surface area contributed by atoms with Gasteiger partial charge in [0.1, 0.15) is 0 Å². The van der Waals surface area contributed by atoms with E-state index in [1.807, 2.05) is 25.2 Å². The van der Waals surface area contributed by atoms with Crippen LogP contribution in [0.5, 0.6) is 0 Å². The highest BCUT2D eigenvalue weighted by atomic mass is 16.1. The molecule has 104 valence electrons. The van der Waals surface area contributed by atoms with Crippen molar-refractivity contribution in [3.05, 3.63) is 30.3 Å². The standard InChI is InChI=1S/C15H23N3O/c1-18(14-5-3-2-4-6-14)12-11-17-15(19)9-10-16-13-7-8-13/h2-6,13,16H,7-12H2,1H3,(H,17,19). The Balaban J connectivity index is 1.56. The van der Waals surface area contributed by atoms with Gasteiger partial charge in [0.2, 0.25) is 5.91 Å². The predicted octanol–water partition coefficient (Wildman–Crippen LogP) is 1.38. The lowest BCUT2D eigenvalue weighted by Gasteiger charge is -2.19. The SMILES string of the molecule is CN(CCNC(=O)CCNC1CC1)c1ccccc1. The largest absolute Gasteiger partial charge is 0.373 e. The van der Waals surface area contributed by atoms with Gasteiger partial charge in [0, 0.05) is 44.8 Å². The molecule has 0 saturated heterocycles. The molecule has 1 aromatic carbocycles. The fourth-order valence-electron chi connectivity index (χ4n) is 1.94. The van der Waals surface area contributed by atoms with Crippen LogP contribution in [0.4, 0.5) is 5.69 Å². The molecular weight excluding hydrogens is 238 g/mol. The quantitative estimate of drug-likeness (QED) is 0.743. The molecular formula is C15H23N3O. The van der Waals surface area contributed by atoms with Crippen LogP contribution in [-0.4, -0.2) is 38.6 Å². The number of para-hydroxylation sites is 1. The van der Waals surface area contributed by atoms with Gasteiger partial charge in [-0.3, -0.25) is 4.79 Å². The van der Waals surface area contributed by atoms with Gasteiger partial charge in [0.25, 0.3) is 0 Å². The molecule has 0 spiro atoms. The maximum atomic E-state index is 11.6. The number of benzene rings is 1. The molecule has 0 bridgehead atoms. The topological polar surface area (TPSA) is 44.4 Å². The lowest BCUT2D eigenvalue weighted by atomic mass is 10.3. The first-order chi connectivity index (χ1) is 9.25. The third kappa shape index (κ3) is 5.30. The van der Waals surface area contributed by atoms with E-state index in [-0.39, 0.29) is 5.91 Å². The molecule has 0 heterocycles. The van der Waals surface area contributed by atoms with Gasteiger partial charge in [0.05, 0.1) is 0 Å². The summed E-state index contributed by atoms with van der Waals surface area (Å²) in [6.45, 7) is 2.31. The molecule has 1 amide bonds. The summed E-state index contributed by atoms with van der Waals surface area (Å²) in [5.74, 6) is 0.134. The van der Waals surface area contributed by atoms with Gasteiger partial charge in [-0.05, 0) is 25.0 Å². The summed E-state index contributed by atoms with van der Waals surface area (Å²) in [4.78, 5) is 13.7. The van der Waals surface area contributed by atoms with E-state index in [1.165, 1.54) is 18.5 Å². The van der Waals surface area contributed by atoms with Crippen LogP contribution in [0.25, 0.3) is 0 Å². The Bertz CT molecular complexity index is 390. The van der Waals surface area contributed by atoms with Crippen molar-refractivity contribution in [2.45, 2.75) is 25.3 Å². The molecule has 0 aliphatic heterocycles. The first-order valence-corrected chi connectivity index (χ1v) is 7.02. The van der Waals surface area contributed by atoms with Crippen molar-refractivity contribution in [2.75, 3.05) is 31.6 Å². The van der Waals surface area contributed by atoms with Crippen LogP contribution >= 0.6 is 0 Å². The van der Waals surface area contributed by atoms with Gasteiger partial charge in [-0.1, -0.05) is 18.2 Å². The third-order valence-electron chi connectivity index (χ3n) is 3.33. The number of anilines is 1. The molecule has 4 nitrogen and oxygen atoms in total. The minimum atomic E-state index is 0.134. The van der Waals surface area contributed by atoms with Crippen LogP contribution < -0.4 is 15.5 Å². The third-order valence-corrected chi connectivity index (χ3v) is 3.33. The number of carbonyl (C=O) groups excluding carboxylic acids is 1. The predicted molar refractivity (Wildman–Crippen MR) is 78.4 cm³/mol. The van der Waals surface area contributed by atoms with Crippen molar-refractivity contribution >= 4 is 11.6 Å². The molecule has 1 aliphatic carbocycles. The lowest BCUT2D eigenvalue weighted by molar-refractivity contribution is -0.120. The number of nitrogens with one attached hydrogen (secondary N) is 2. The van der Waals surface area contributed by atoms with E-state index >= 15 is 0 Å². The van der Waals surface area contributed by atoms with Crippen molar-refractivity contribution < 1.29 is 4.79 Å². The summed E-state index contributed by atoms with van der Waals surface area (Å²) in [6, 6.07) is 10.9. The van der Waals surface area contributed by atoms with Crippen LogP contribution in [0.1, 0.15) is 19.3 Å². The maximum absolute atomic E-state index is 11.6. The molecule has 1 aromatic rings. The van der Waals surface area contributed by atoms with E-state index in [1.54, 1.807) is 0 Å². The van der Waals surface area contributed by atoms with E-state index in [4.69, 9.17) is 0 Å². The molecule has 2 rings (SSSR count). The van der Waals surface area contributed by atoms with Crippen molar-refractivity contribution in [1.29, 1.82) is 0 Å². The van der Waals surface area contributed by atoms with Gasteiger partial charge >= 0.3 is 0 Å². The molecule has 0 radical (unpaired) electrons. The van der Waals surface area contributed by atoms with Crippen molar-refractivity contribution in [1.82, 2.24) is 10.6 Å². The van der Waals surface area contributed by atoms with Crippen molar-refractivity contribution in [3.8, 4) is 0 Å². The highest BCUT2D eigenvalue weighted by Gasteiger charge is 2.19. The number of carbonyl (C=O) groups is 1. The van der Waals surface area contributed by atoms with Crippen LogP contribution in [0.3, 0.4) is 0 Å². The smallest absolute Gasteiger partial charge is 0.221 e. The number of likely N-dealkylation sites (N-methyl/N-ethyl adjacent to an activating group) is 1. The minimum Gasteiger partial charge on any atom is -0.373 e. The molecule has 4 heteroatoms. The lowest BCUT2D eigenvalue weighted by Crippen LogP contribution is -2.34. The zero-order chi connectivity index (χ0) is 13.5. The molecule has 0 atom stereocenters. The Labute approximate surface area is 115 Å². The van der Waals surface area contributed by atoms with E-state index in [0.717, 1.165) is 13.1 Å². The second-order valence-electron chi connectivity index (χ2n) is 5.09. The Morgan fingerprint density at radius 1 is 1.26 bits per heavy atom. The van der Waals surface area contributed by atoms with Gasteiger partial charge < -0.3 is 15.5 Å². The summed E-state index contributed by atoms with van der Waals surface area (Å²) in [5.41, 5.74) is 1.17. The fraction of sp³-hybridized carbons (Fsp3) is 0.533. The molecule has 0 aromatic heterocycles. The van der Waals surface area contributed by atoms with E-state index < -0.39 is 0 Å². The van der Waals surface area contributed by atoms with Gasteiger partial charge in [0.15, 0.2) is 0 Å². The fourth-order valence-corrected chi connectivity index (χ4v) is 1.94. The normalized spacial score (nSPS) is 14.2. The Kier molecular flexibility index (Phi) is 5.21. The zero-order valence-corrected chi connectivity index (χ0v) is 11.6. The van der Waals surface area contributed by atoms with Crippen LogP contribution in [0, 0.1) is 0 Å².